The topological polar surface area (TPSA) is 85.3 Å². The quantitative estimate of drug-likeness (QED) is 0.390. The summed E-state index contributed by atoms with van der Waals surface area (Å²) in [6, 6.07) is 12.6. The van der Waals surface area contributed by atoms with E-state index in [9.17, 15) is 9.59 Å². The Balaban J connectivity index is 1.65. The number of hydrogen-bond donors (Lipinski definition) is 1. The third-order valence-electron chi connectivity index (χ3n) is 5.05. The fraction of sp³-hybridized carbons (Fsp3) is 0.292. The highest BCUT2D eigenvalue weighted by Crippen LogP contribution is 2.33. The van der Waals surface area contributed by atoms with E-state index in [1.165, 1.54) is 11.8 Å². The highest BCUT2D eigenvalue weighted by atomic mass is 32.2. The number of rotatable bonds is 10. The summed E-state index contributed by atoms with van der Waals surface area (Å²) in [5.74, 6) is 0.616. The molecule has 0 spiro atoms. The van der Waals surface area contributed by atoms with Crippen molar-refractivity contribution in [2.45, 2.75) is 25.9 Å². The van der Waals surface area contributed by atoms with Crippen molar-refractivity contribution in [1.82, 2.24) is 4.90 Å². The monoisotopic (exact) mass is 487 g/mol. The molecule has 174 valence electrons. The molecular formula is C24H25NO6S2. The molecule has 2 aromatic rings. The van der Waals surface area contributed by atoms with Crippen LogP contribution in [0.25, 0.3) is 6.08 Å². The number of nitrogens with zero attached hydrogens (tertiary/aromatic N) is 1. The predicted molar refractivity (Wildman–Crippen MR) is 132 cm³/mol. The minimum absolute atomic E-state index is 0.136. The van der Waals surface area contributed by atoms with Gasteiger partial charge < -0.3 is 19.3 Å². The molecule has 1 heterocycles. The Morgan fingerprint density at radius 3 is 2.45 bits per heavy atom. The largest absolute Gasteiger partial charge is 0.493 e. The molecule has 2 aromatic carbocycles. The molecule has 1 saturated heterocycles. The maximum absolute atomic E-state index is 12.9. The number of carboxylic acid groups (broad SMARTS) is 1. The summed E-state index contributed by atoms with van der Waals surface area (Å²) in [4.78, 5) is 26.2. The highest BCUT2D eigenvalue weighted by Gasteiger charge is 2.31. The lowest BCUT2D eigenvalue weighted by atomic mass is 10.1. The van der Waals surface area contributed by atoms with Gasteiger partial charge in [0.15, 0.2) is 17.6 Å². The van der Waals surface area contributed by atoms with E-state index >= 15 is 0 Å². The van der Waals surface area contributed by atoms with Crippen LogP contribution in [0.15, 0.2) is 47.4 Å². The summed E-state index contributed by atoms with van der Waals surface area (Å²) in [6.07, 6.45) is 1.86. The second-order valence-electron chi connectivity index (χ2n) is 7.19. The molecule has 1 unspecified atom stereocenters. The van der Waals surface area contributed by atoms with Crippen LogP contribution in [0, 0.1) is 0 Å². The maximum atomic E-state index is 12.9. The number of thiocarbonyl (C=S) groups is 1. The minimum Gasteiger partial charge on any atom is -0.493 e. The Kier molecular flexibility index (Phi) is 8.35. The molecule has 0 saturated carbocycles. The van der Waals surface area contributed by atoms with Gasteiger partial charge in [0, 0.05) is 6.54 Å². The summed E-state index contributed by atoms with van der Waals surface area (Å²) in [5, 5.41) is 9.12. The standard InChI is InChI=1S/C24H25NO6S2/c1-4-18(23(27)28)31-17-8-5-15(6-9-17)14-21-22(26)25(24(32)33-21)12-11-16-7-10-19(29-2)20(13-16)30-3/h5-10,13-14,18H,4,11-12H2,1-3H3,(H,27,28)/b21-14+. The van der Waals surface area contributed by atoms with E-state index in [2.05, 4.69) is 0 Å². The molecule has 1 aliphatic rings. The van der Waals surface area contributed by atoms with Gasteiger partial charge in [-0.2, -0.15) is 0 Å². The van der Waals surface area contributed by atoms with Crippen molar-refractivity contribution in [1.29, 1.82) is 0 Å². The van der Waals surface area contributed by atoms with Gasteiger partial charge in [0.25, 0.3) is 5.91 Å². The minimum atomic E-state index is -1.00. The first-order chi connectivity index (χ1) is 15.9. The summed E-state index contributed by atoms with van der Waals surface area (Å²) < 4.78 is 16.6. The van der Waals surface area contributed by atoms with E-state index in [0.717, 1.165) is 11.1 Å². The fourth-order valence-corrected chi connectivity index (χ4v) is 4.55. The van der Waals surface area contributed by atoms with E-state index in [4.69, 9.17) is 31.5 Å². The number of carbonyl (C=O) groups excluding carboxylic acids is 1. The first-order valence-corrected chi connectivity index (χ1v) is 11.5. The SMILES string of the molecule is CCC(Oc1ccc(/C=C2/SC(=S)N(CCc3ccc(OC)c(OC)c3)C2=O)cc1)C(=O)O. The normalized spacial score (nSPS) is 15.6. The van der Waals surface area contributed by atoms with Gasteiger partial charge in [0.05, 0.1) is 19.1 Å². The van der Waals surface area contributed by atoms with Crippen LogP contribution in [0.3, 0.4) is 0 Å². The molecule has 0 bridgehead atoms. The van der Waals surface area contributed by atoms with Gasteiger partial charge in [-0.15, -0.1) is 0 Å². The molecular weight excluding hydrogens is 462 g/mol. The van der Waals surface area contributed by atoms with E-state index in [1.807, 2.05) is 18.2 Å². The van der Waals surface area contributed by atoms with Crippen molar-refractivity contribution >= 4 is 46.3 Å². The van der Waals surface area contributed by atoms with Gasteiger partial charge in [0.2, 0.25) is 0 Å². The van der Waals surface area contributed by atoms with Crippen LogP contribution in [-0.4, -0.2) is 53.1 Å². The average molecular weight is 488 g/mol. The van der Waals surface area contributed by atoms with Crippen molar-refractivity contribution in [3.05, 3.63) is 58.5 Å². The van der Waals surface area contributed by atoms with Crippen LogP contribution < -0.4 is 14.2 Å². The molecule has 9 heteroatoms. The second kappa shape index (κ2) is 11.2. The van der Waals surface area contributed by atoms with E-state index < -0.39 is 12.1 Å². The summed E-state index contributed by atoms with van der Waals surface area (Å²) >= 11 is 6.69. The number of amides is 1. The number of aliphatic carboxylic acids is 1. The van der Waals surface area contributed by atoms with Gasteiger partial charge in [0.1, 0.15) is 10.1 Å². The molecule has 1 aliphatic heterocycles. The van der Waals surface area contributed by atoms with Crippen molar-refractivity contribution < 1.29 is 28.9 Å². The van der Waals surface area contributed by atoms with Crippen LogP contribution in [-0.2, 0) is 16.0 Å². The van der Waals surface area contributed by atoms with Gasteiger partial charge in [-0.3, -0.25) is 9.69 Å². The number of carboxylic acids is 1. The van der Waals surface area contributed by atoms with Crippen LogP contribution in [0.2, 0.25) is 0 Å². The zero-order valence-corrected chi connectivity index (χ0v) is 20.2. The number of hydrogen-bond acceptors (Lipinski definition) is 7. The second-order valence-corrected chi connectivity index (χ2v) is 8.87. The number of methoxy groups -OCH3 is 2. The molecule has 33 heavy (non-hydrogen) atoms. The van der Waals surface area contributed by atoms with Gasteiger partial charge >= 0.3 is 5.97 Å². The van der Waals surface area contributed by atoms with E-state index in [0.29, 0.717) is 45.9 Å². The molecule has 0 aromatic heterocycles. The lowest BCUT2D eigenvalue weighted by Gasteiger charge is -2.15. The summed E-state index contributed by atoms with van der Waals surface area (Å²) in [5.41, 5.74) is 1.80. The van der Waals surface area contributed by atoms with Crippen LogP contribution >= 0.6 is 24.0 Å². The molecule has 1 amide bonds. The Bertz CT molecular complexity index is 1070. The van der Waals surface area contributed by atoms with Crippen LogP contribution in [0.5, 0.6) is 17.2 Å². The number of ether oxygens (including phenoxy) is 3. The molecule has 3 rings (SSSR count). The van der Waals surface area contributed by atoms with Crippen LogP contribution in [0.4, 0.5) is 0 Å². The van der Waals surface area contributed by atoms with E-state index in [1.54, 1.807) is 56.4 Å². The Morgan fingerprint density at radius 1 is 1.15 bits per heavy atom. The zero-order chi connectivity index (χ0) is 24.0. The van der Waals surface area contributed by atoms with Crippen LogP contribution in [0.1, 0.15) is 24.5 Å². The van der Waals surface area contributed by atoms with Crippen molar-refractivity contribution in [3.8, 4) is 17.2 Å². The molecule has 0 aliphatic carbocycles. The molecule has 1 atom stereocenters. The summed E-state index contributed by atoms with van der Waals surface area (Å²) in [6.45, 7) is 2.21. The lowest BCUT2D eigenvalue weighted by molar-refractivity contribution is -0.145. The third-order valence-corrected chi connectivity index (χ3v) is 6.43. The maximum Gasteiger partial charge on any atom is 0.344 e. The Morgan fingerprint density at radius 2 is 1.85 bits per heavy atom. The van der Waals surface area contributed by atoms with Crippen molar-refractivity contribution in [3.63, 3.8) is 0 Å². The average Bonchev–Trinajstić information content (AvgIpc) is 3.08. The highest BCUT2D eigenvalue weighted by molar-refractivity contribution is 8.26. The molecule has 7 nitrogen and oxygen atoms in total. The zero-order valence-electron chi connectivity index (χ0n) is 18.6. The van der Waals surface area contributed by atoms with E-state index in [-0.39, 0.29) is 5.91 Å². The number of thioether (sulfide) groups is 1. The summed E-state index contributed by atoms with van der Waals surface area (Å²) in [7, 11) is 3.17. The smallest absolute Gasteiger partial charge is 0.344 e. The van der Waals surface area contributed by atoms with Gasteiger partial charge in [-0.05, 0) is 54.3 Å². The van der Waals surface area contributed by atoms with Gasteiger partial charge in [-0.25, -0.2) is 4.79 Å². The first kappa shape index (κ1) is 24.6. The first-order valence-electron chi connectivity index (χ1n) is 10.3. The third kappa shape index (κ3) is 6.06. The molecule has 1 fully saturated rings. The molecule has 0 radical (unpaired) electrons. The Labute approximate surface area is 202 Å². The van der Waals surface area contributed by atoms with Gasteiger partial charge in [-0.1, -0.05) is 49.1 Å². The number of benzene rings is 2. The molecule has 1 N–H and O–H groups in total. The van der Waals surface area contributed by atoms with Crippen molar-refractivity contribution in [2.75, 3.05) is 20.8 Å². The Hall–Kier alpha value is -3.04. The predicted octanol–water partition coefficient (Wildman–Crippen LogP) is 4.39. The van der Waals surface area contributed by atoms with Crippen molar-refractivity contribution in [2.24, 2.45) is 0 Å². The number of carbonyl (C=O) groups is 2. The lowest BCUT2D eigenvalue weighted by Crippen LogP contribution is -2.30. The fourth-order valence-electron chi connectivity index (χ4n) is 3.24.